The van der Waals surface area contributed by atoms with E-state index in [1.165, 1.54) is 103 Å². The summed E-state index contributed by atoms with van der Waals surface area (Å²) in [7, 11) is 0. The average molecular weight is 670 g/mol. The van der Waals surface area contributed by atoms with Gasteiger partial charge in [-0.1, -0.05) is 158 Å². The molecule has 0 aliphatic heterocycles. The molecule has 0 aliphatic carbocycles. The molecule has 0 saturated carbocycles. The van der Waals surface area contributed by atoms with Crippen LogP contribution < -0.4 is 4.90 Å². The Kier molecular flexibility index (Phi) is 5.84. The summed E-state index contributed by atoms with van der Waals surface area (Å²) in [4.78, 5) is 2.50. The maximum atomic E-state index is 2.50. The second kappa shape index (κ2) is 10.8. The molecule has 0 unspecified atom stereocenters. The molecule has 12 aromatic rings. The lowest BCUT2D eigenvalue weighted by atomic mass is 9.87. The molecule has 1 heteroatoms. The summed E-state index contributed by atoms with van der Waals surface area (Å²) < 4.78 is 0. The number of fused-ring (bicyclic) bond motifs is 6. The monoisotopic (exact) mass is 669 g/mol. The van der Waals surface area contributed by atoms with Gasteiger partial charge in [0.2, 0.25) is 0 Å². The van der Waals surface area contributed by atoms with Crippen LogP contribution in [-0.2, 0) is 0 Å². The van der Waals surface area contributed by atoms with Crippen molar-refractivity contribution in [3.05, 3.63) is 188 Å². The van der Waals surface area contributed by atoms with Gasteiger partial charge in [-0.15, -0.1) is 0 Å². The van der Waals surface area contributed by atoms with Gasteiger partial charge in [-0.3, -0.25) is 0 Å². The Labute approximate surface area is 305 Å². The van der Waals surface area contributed by atoms with Crippen molar-refractivity contribution in [2.75, 3.05) is 4.90 Å². The van der Waals surface area contributed by atoms with Gasteiger partial charge in [-0.05, 0) is 122 Å². The lowest BCUT2D eigenvalue weighted by molar-refractivity contribution is 1.32. The molecule has 0 amide bonds. The lowest BCUT2D eigenvalue weighted by Gasteiger charge is -2.29. The molecule has 0 aromatic heterocycles. The van der Waals surface area contributed by atoms with E-state index in [9.17, 15) is 0 Å². The van der Waals surface area contributed by atoms with E-state index in [4.69, 9.17) is 0 Å². The topological polar surface area (TPSA) is 3.24 Å². The van der Waals surface area contributed by atoms with Gasteiger partial charge in [-0.25, -0.2) is 0 Å². The molecule has 0 bridgehead atoms. The number of hydrogen-bond donors (Lipinski definition) is 0. The van der Waals surface area contributed by atoms with Crippen molar-refractivity contribution in [3.8, 4) is 0 Å². The minimum absolute atomic E-state index is 1.13. The zero-order chi connectivity index (χ0) is 34.6. The van der Waals surface area contributed by atoms with Crippen LogP contribution >= 0.6 is 0 Å². The minimum atomic E-state index is 1.13. The van der Waals surface area contributed by atoms with Gasteiger partial charge >= 0.3 is 0 Å². The Balaban J connectivity index is 1.29. The zero-order valence-corrected chi connectivity index (χ0v) is 28.8. The van der Waals surface area contributed by atoms with Crippen molar-refractivity contribution in [3.63, 3.8) is 0 Å². The third-order valence-electron chi connectivity index (χ3n) is 11.6. The molecule has 53 heavy (non-hydrogen) atoms. The van der Waals surface area contributed by atoms with E-state index in [2.05, 4.69) is 193 Å². The highest BCUT2D eigenvalue weighted by Crippen LogP contribution is 2.48. The van der Waals surface area contributed by atoms with Crippen LogP contribution in [0, 0.1) is 0 Å². The molecule has 12 aromatic carbocycles. The summed E-state index contributed by atoms with van der Waals surface area (Å²) in [5.41, 5.74) is 3.44. The second-order valence-corrected chi connectivity index (χ2v) is 14.5. The Morgan fingerprint density at radius 1 is 0.226 bits per heavy atom. The number of rotatable bonds is 3. The van der Waals surface area contributed by atoms with Crippen LogP contribution in [0.1, 0.15) is 0 Å². The van der Waals surface area contributed by atoms with E-state index in [0.29, 0.717) is 0 Å². The third kappa shape index (κ3) is 4.08. The fraction of sp³-hybridized carbons (Fsp3) is 0. The predicted octanol–water partition coefficient (Wildman–Crippen LogP) is 15.0. The SMILES string of the molecule is c1ccc2cc(N(c3cc4ccc5cccc6c7cccc8ccc9cccc(c(c3)c4c56)c9c87)c3cc4ccccc4c4ccccc34)ccc2c1. The molecule has 244 valence electrons. The van der Waals surface area contributed by atoms with Crippen molar-refractivity contribution in [2.24, 2.45) is 0 Å². The normalized spacial score (nSPS) is 12.2. The summed E-state index contributed by atoms with van der Waals surface area (Å²) in [5, 5.41) is 22.9. The van der Waals surface area contributed by atoms with Gasteiger partial charge in [0.1, 0.15) is 0 Å². The molecule has 0 aliphatic rings. The lowest BCUT2D eigenvalue weighted by Crippen LogP contribution is -2.11. The van der Waals surface area contributed by atoms with E-state index in [1.54, 1.807) is 0 Å². The van der Waals surface area contributed by atoms with Crippen LogP contribution in [0.4, 0.5) is 17.1 Å². The first kappa shape index (κ1) is 28.7. The van der Waals surface area contributed by atoms with Crippen LogP contribution in [0.5, 0.6) is 0 Å². The van der Waals surface area contributed by atoms with E-state index in [1.807, 2.05) is 0 Å². The number of nitrogens with zero attached hydrogens (tertiary/aromatic N) is 1. The third-order valence-corrected chi connectivity index (χ3v) is 11.6. The minimum Gasteiger partial charge on any atom is -0.310 e. The highest BCUT2D eigenvalue weighted by Gasteiger charge is 2.21. The Hall–Kier alpha value is -6.96. The van der Waals surface area contributed by atoms with Crippen LogP contribution in [0.3, 0.4) is 0 Å². The maximum Gasteiger partial charge on any atom is 0.0546 e. The van der Waals surface area contributed by atoms with Gasteiger partial charge < -0.3 is 4.90 Å². The zero-order valence-electron chi connectivity index (χ0n) is 28.8. The van der Waals surface area contributed by atoms with Crippen molar-refractivity contribution in [1.29, 1.82) is 0 Å². The quantitative estimate of drug-likeness (QED) is 0.169. The highest BCUT2D eigenvalue weighted by atomic mass is 15.1. The molecule has 1 nitrogen and oxygen atoms in total. The van der Waals surface area contributed by atoms with Crippen LogP contribution in [0.2, 0.25) is 0 Å². The second-order valence-electron chi connectivity index (χ2n) is 14.5. The summed E-state index contributed by atoms with van der Waals surface area (Å²) >= 11 is 0. The van der Waals surface area contributed by atoms with Crippen molar-refractivity contribution < 1.29 is 0 Å². The molecule has 0 heterocycles. The molecule has 0 radical (unpaired) electrons. The van der Waals surface area contributed by atoms with Crippen LogP contribution in [0.15, 0.2) is 188 Å². The largest absolute Gasteiger partial charge is 0.310 e. The van der Waals surface area contributed by atoms with Crippen LogP contribution in [-0.4, -0.2) is 0 Å². The molecular weight excluding hydrogens is 639 g/mol. The average Bonchev–Trinajstić information content (AvgIpc) is 3.22. The highest BCUT2D eigenvalue weighted by molar-refractivity contribution is 6.37. The first-order valence-electron chi connectivity index (χ1n) is 18.4. The standard InChI is InChI=1S/C52H31N/c1-2-11-36-28-39(27-26-32(36)10-1)53(48-30-37-12-3-4-16-41(37)42-17-5-6-18-43(42)48)40-29-38-25-24-35-14-8-20-45-44-19-7-13-33-22-23-34-15-9-21-46(51(34)49(33)44)47(31-40)52(38)50(35)45/h1-31H. The number of anilines is 3. The van der Waals surface area contributed by atoms with Crippen LogP contribution in [0.25, 0.3) is 97.0 Å². The van der Waals surface area contributed by atoms with Gasteiger partial charge in [-0.2, -0.15) is 0 Å². The Bertz CT molecular complexity index is 3460. The molecule has 0 N–H and O–H groups in total. The molecule has 0 fully saturated rings. The van der Waals surface area contributed by atoms with E-state index >= 15 is 0 Å². The fourth-order valence-corrected chi connectivity index (χ4v) is 9.36. The summed E-state index contributed by atoms with van der Waals surface area (Å²) in [6.07, 6.45) is 0. The molecule has 0 atom stereocenters. The van der Waals surface area contributed by atoms with E-state index in [-0.39, 0.29) is 0 Å². The smallest absolute Gasteiger partial charge is 0.0546 e. The summed E-state index contributed by atoms with van der Waals surface area (Å²) in [6.45, 7) is 0. The van der Waals surface area contributed by atoms with Gasteiger partial charge in [0.15, 0.2) is 0 Å². The van der Waals surface area contributed by atoms with Gasteiger partial charge in [0.05, 0.1) is 5.69 Å². The van der Waals surface area contributed by atoms with Gasteiger partial charge in [0, 0.05) is 16.8 Å². The summed E-state index contributed by atoms with van der Waals surface area (Å²) in [6, 6.07) is 70.2. The molecule has 0 saturated heterocycles. The molecular formula is C52H31N. The van der Waals surface area contributed by atoms with Gasteiger partial charge in [0.25, 0.3) is 0 Å². The van der Waals surface area contributed by atoms with E-state index in [0.717, 1.165) is 11.4 Å². The van der Waals surface area contributed by atoms with Crippen molar-refractivity contribution in [2.45, 2.75) is 0 Å². The van der Waals surface area contributed by atoms with Crippen molar-refractivity contribution in [1.82, 2.24) is 0 Å². The summed E-state index contributed by atoms with van der Waals surface area (Å²) in [5.74, 6) is 0. The molecule has 12 rings (SSSR count). The first-order chi connectivity index (χ1) is 26.3. The first-order valence-corrected chi connectivity index (χ1v) is 18.4. The Morgan fingerprint density at radius 2 is 0.679 bits per heavy atom. The number of hydrogen-bond acceptors (Lipinski definition) is 1. The molecule has 0 spiro atoms. The predicted molar refractivity (Wildman–Crippen MR) is 230 cm³/mol. The van der Waals surface area contributed by atoms with E-state index < -0.39 is 0 Å². The van der Waals surface area contributed by atoms with Crippen molar-refractivity contribution >= 4 is 114 Å². The fourth-order valence-electron chi connectivity index (χ4n) is 9.36. The Morgan fingerprint density at radius 3 is 1.36 bits per heavy atom. The maximum absolute atomic E-state index is 2.50. The number of benzene rings is 11.